The molecule has 0 saturated heterocycles. The average molecular weight is 305 g/mol. The van der Waals surface area contributed by atoms with E-state index < -0.39 is 17.5 Å². The van der Waals surface area contributed by atoms with Crippen LogP contribution in [-0.4, -0.2) is 12.5 Å². The number of benzene rings is 2. The number of halogens is 2. The number of aryl methyl sites for hydroxylation is 3. The Morgan fingerprint density at radius 2 is 1.73 bits per heavy atom. The molecule has 0 saturated carbocycles. The fourth-order valence-electron chi connectivity index (χ4n) is 2.31. The first-order valence-corrected chi connectivity index (χ1v) is 6.82. The van der Waals surface area contributed by atoms with E-state index in [2.05, 4.69) is 5.32 Å². The van der Waals surface area contributed by atoms with Crippen LogP contribution in [0, 0.1) is 32.4 Å². The Morgan fingerprint density at radius 3 is 2.36 bits per heavy atom. The number of carbonyl (C=O) groups is 1. The molecule has 116 valence electrons. The maximum Gasteiger partial charge on any atom is 0.262 e. The molecule has 0 atom stereocenters. The van der Waals surface area contributed by atoms with Gasteiger partial charge < -0.3 is 10.1 Å². The minimum Gasteiger partial charge on any atom is -0.483 e. The van der Waals surface area contributed by atoms with Gasteiger partial charge in [-0.2, -0.15) is 0 Å². The van der Waals surface area contributed by atoms with Gasteiger partial charge in [0.2, 0.25) is 0 Å². The van der Waals surface area contributed by atoms with Crippen molar-refractivity contribution in [3.05, 3.63) is 58.7 Å². The van der Waals surface area contributed by atoms with E-state index in [1.54, 1.807) is 0 Å². The van der Waals surface area contributed by atoms with Crippen LogP contribution in [0.4, 0.5) is 14.5 Å². The van der Waals surface area contributed by atoms with E-state index in [1.165, 1.54) is 0 Å². The van der Waals surface area contributed by atoms with Crippen LogP contribution in [0.2, 0.25) is 0 Å². The standard InChI is InChI=1S/C17H17F2NO2/c1-10-6-11(2)17(12(3)7-10)22-9-16(21)20-15-8-13(18)4-5-14(15)19/h4-8H,9H2,1-3H3,(H,20,21). The second-order valence-corrected chi connectivity index (χ2v) is 5.19. The highest BCUT2D eigenvalue weighted by atomic mass is 19.1. The molecule has 1 amide bonds. The monoisotopic (exact) mass is 305 g/mol. The molecule has 2 aromatic rings. The molecule has 3 nitrogen and oxygen atoms in total. The van der Waals surface area contributed by atoms with Crippen molar-refractivity contribution in [1.29, 1.82) is 0 Å². The fourth-order valence-corrected chi connectivity index (χ4v) is 2.31. The summed E-state index contributed by atoms with van der Waals surface area (Å²) in [5.41, 5.74) is 2.74. The topological polar surface area (TPSA) is 38.3 Å². The molecule has 2 aromatic carbocycles. The van der Waals surface area contributed by atoms with Crippen LogP contribution < -0.4 is 10.1 Å². The van der Waals surface area contributed by atoms with Crippen LogP contribution in [-0.2, 0) is 4.79 Å². The molecule has 0 fully saturated rings. The second kappa shape index (κ2) is 6.56. The summed E-state index contributed by atoms with van der Waals surface area (Å²) in [6.07, 6.45) is 0. The lowest BCUT2D eigenvalue weighted by molar-refractivity contribution is -0.118. The van der Waals surface area contributed by atoms with Gasteiger partial charge in [0, 0.05) is 6.07 Å². The van der Waals surface area contributed by atoms with E-state index in [0.717, 1.165) is 34.9 Å². The summed E-state index contributed by atoms with van der Waals surface area (Å²) in [7, 11) is 0. The van der Waals surface area contributed by atoms with E-state index in [1.807, 2.05) is 32.9 Å². The lowest BCUT2D eigenvalue weighted by atomic mass is 10.1. The Morgan fingerprint density at radius 1 is 1.09 bits per heavy atom. The fraction of sp³-hybridized carbons (Fsp3) is 0.235. The first-order valence-electron chi connectivity index (χ1n) is 6.82. The Bertz CT molecular complexity index is 691. The summed E-state index contributed by atoms with van der Waals surface area (Å²) < 4.78 is 32.0. The summed E-state index contributed by atoms with van der Waals surface area (Å²) in [6.45, 7) is 5.48. The molecule has 0 spiro atoms. The number of amides is 1. The maximum absolute atomic E-state index is 13.4. The zero-order valence-electron chi connectivity index (χ0n) is 12.7. The molecule has 0 unspecified atom stereocenters. The number of anilines is 1. The van der Waals surface area contributed by atoms with Gasteiger partial charge in [0.15, 0.2) is 6.61 Å². The minimum atomic E-state index is -0.697. The predicted octanol–water partition coefficient (Wildman–Crippen LogP) is 3.91. The van der Waals surface area contributed by atoms with Crippen molar-refractivity contribution in [1.82, 2.24) is 0 Å². The Hall–Kier alpha value is -2.43. The molecule has 2 rings (SSSR count). The van der Waals surface area contributed by atoms with Crippen LogP contribution in [0.25, 0.3) is 0 Å². The number of nitrogens with one attached hydrogen (secondary N) is 1. The van der Waals surface area contributed by atoms with Crippen LogP contribution in [0.3, 0.4) is 0 Å². The summed E-state index contributed by atoms with van der Waals surface area (Å²) in [4.78, 5) is 11.8. The van der Waals surface area contributed by atoms with Gasteiger partial charge in [-0.05, 0) is 44.0 Å². The maximum atomic E-state index is 13.4. The molecule has 0 aliphatic rings. The number of carbonyl (C=O) groups excluding carboxylic acids is 1. The van der Waals surface area contributed by atoms with Gasteiger partial charge in [0.1, 0.15) is 17.4 Å². The van der Waals surface area contributed by atoms with E-state index in [4.69, 9.17) is 4.74 Å². The molecular weight excluding hydrogens is 288 g/mol. The van der Waals surface area contributed by atoms with Crippen molar-refractivity contribution >= 4 is 11.6 Å². The molecule has 0 bridgehead atoms. The Balaban J connectivity index is 2.03. The first-order chi connectivity index (χ1) is 10.4. The summed E-state index contributed by atoms with van der Waals surface area (Å²) >= 11 is 0. The van der Waals surface area contributed by atoms with E-state index in [0.29, 0.717) is 5.75 Å². The average Bonchev–Trinajstić information content (AvgIpc) is 2.41. The van der Waals surface area contributed by atoms with E-state index in [-0.39, 0.29) is 12.3 Å². The Kier molecular flexibility index (Phi) is 4.75. The minimum absolute atomic E-state index is 0.203. The van der Waals surface area contributed by atoms with Crippen molar-refractivity contribution < 1.29 is 18.3 Å². The third-order valence-electron chi connectivity index (χ3n) is 3.15. The van der Waals surface area contributed by atoms with Gasteiger partial charge in [0.05, 0.1) is 5.69 Å². The second-order valence-electron chi connectivity index (χ2n) is 5.19. The highest BCUT2D eigenvalue weighted by molar-refractivity contribution is 5.92. The van der Waals surface area contributed by atoms with Crippen LogP contribution in [0.5, 0.6) is 5.75 Å². The van der Waals surface area contributed by atoms with Crippen molar-refractivity contribution in [2.24, 2.45) is 0 Å². The normalized spacial score (nSPS) is 10.4. The van der Waals surface area contributed by atoms with Gasteiger partial charge in [-0.1, -0.05) is 17.7 Å². The molecule has 0 aliphatic carbocycles. The van der Waals surface area contributed by atoms with Crippen molar-refractivity contribution in [2.45, 2.75) is 20.8 Å². The first kappa shape index (κ1) is 15.9. The number of hydrogen-bond donors (Lipinski definition) is 1. The SMILES string of the molecule is Cc1cc(C)c(OCC(=O)Nc2cc(F)ccc2F)c(C)c1. The molecule has 0 aliphatic heterocycles. The number of rotatable bonds is 4. The highest BCUT2D eigenvalue weighted by Gasteiger charge is 2.11. The predicted molar refractivity (Wildman–Crippen MR) is 81.1 cm³/mol. The Labute approximate surface area is 127 Å². The molecule has 1 N–H and O–H groups in total. The quantitative estimate of drug-likeness (QED) is 0.930. The molecule has 22 heavy (non-hydrogen) atoms. The zero-order valence-corrected chi connectivity index (χ0v) is 12.7. The summed E-state index contributed by atoms with van der Waals surface area (Å²) in [5.74, 6) is -1.25. The van der Waals surface area contributed by atoms with Crippen LogP contribution in [0.1, 0.15) is 16.7 Å². The van der Waals surface area contributed by atoms with Gasteiger partial charge >= 0.3 is 0 Å². The van der Waals surface area contributed by atoms with Gasteiger partial charge in [-0.25, -0.2) is 8.78 Å². The number of ether oxygens (including phenoxy) is 1. The van der Waals surface area contributed by atoms with E-state index in [9.17, 15) is 13.6 Å². The van der Waals surface area contributed by atoms with Crippen molar-refractivity contribution in [3.63, 3.8) is 0 Å². The smallest absolute Gasteiger partial charge is 0.262 e. The zero-order chi connectivity index (χ0) is 16.3. The third-order valence-corrected chi connectivity index (χ3v) is 3.15. The largest absolute Gasteiger partial charge is 0.483 e. The summed E-state index contributed by atoms with van der Waals surface area (Å²) in [6, 6.07) is 6.77. The molecule has 5 heteroatoms. The highest BCUT2D eigenvalue weighted by Crippen LogP contribution is 2.24. The summed E-state index contributed by atoms with van der Waals surface area (Å²) in [5, 5.41) is 2.29. The van der Waals surface area contributed by atoms with Crippen LogP contribution in [0.15, 0.2) is 30.3 Å². The lowest BCUT2D eigenvalue weighted by Gasteiger charge is -2.13. The van der Waals surface area contributed by atoms with Crippen LogP contribution >= 0.6 is 0 Å². The molecular formula is C17H17F2NO2. The van der Waals surface area contributed by atoms with Gasteiger partial charge in [0.25, 0.3) is 5.91 Å². The lowest BCUT2D eigenvalue weighted by Crippen LogP contribution is -2.21. The van der Waals surface area contributed by atoms with Gasteiger partial charge in [-0.3, -0.25) is 4.79 Å². The van der Waals surface area contributed by atoms with Crippen molar-refractivity contribution in [3.8, 4) is 5.75 Å². The van der Waals surface area contributed by atoms with E-state index >= 15 is 0 Å². The molecule has 0 radical (unpaired) electrons. The van der Waals surface area contributed by atoms with Crippen molar-refractivity contribution in [2.75, 3.05) is 11.9 Å². The number of hydrogen-bond acceptors (Lipinski definition) is 2. The molecule has 0 heterocycles. The third kappa shape index (κ3) is 3.81. The molecule has 0 aromatic heterocycles. The van der Waals surface area contributed by atoms with Gasteiger partial charge in [-0.15, -0.1) is 0 Å².